The topological polar surface area (TPSA) is 44.7 Å². The van der Waals surface area contributed by atoms with Crippen LogP contribution in [0.5, 0.6) is 0 Å². The highest BCUT2D eigenvalue weighted by molar-refractivity contribution is 4.89. The van der Waals surface area contributed by atoms with E-state index in [2.05, 4.69) is 44.8 Å². The Kier molecular flexibility index (Phi) is 5.38. The van der Waals surface area contributed by atoms with Crippen molar-refractivity contribution in [1.29, 1.82) is 0 Å². The molecule has 1 rings (SSSR count). The minimum Gasteiger partial charge on any atom is -0.394 e. The van der Waals surface area contributed by atoms with Gasteiger partial charge in [-0.2, -0.15) is 0 Å². The fraction of sp³-hybridized carbons (Fsp3) is 1.00. The smallest absolute Gasteiger partial charge is 0.0678 e. The monoisotopic (exact) mass is 244 g/mol. The Balaban J connectivity index is 2.55. The van der Waals surface area contributed by atoms with Crippen LogP contribution in [0.15, 0.2) is 0 Å². The Bertz CT molecular complexity index is 225. The molecule has 3 atom stereocenters. The minimum absolute atomic E-state index is 0.158. The number of morpholine rings is 1. The molecule has 3 unspecified atom stereocenters. The zero-order chi connectivity index (χ0) is 13.1. The zero-order valence-corrected chi connectivity index (χ0v) is 11.9. The van der Waals surface area contributed by atoms with Crippen LogP contribution in [0.1, 0.15) is 34.6 Å². The summed E-state index contributed by atoms with van der Waals surface area (Å²) in [6.45, 7) is 13.4. The van der Waals surface area contributed by atoms with E-state index in [0.29, 0.717) is 6.04 Å². The number of aliphatic hydroxyl groups is 1. The molecule has 2 N–H and O–H groups in total. The third kappa shape index (κ3) is 4.92. The van der Waals surface area contributed by atoms with Crippen LogP contribution in [0.25, 0.3) is 0 Å². The molecular formula is C13H28N2O2. The molecule has 102 valence electrons. The van der Waals surface area contributed by atoms with Gasteiger partial charge in [0.05, 0.1) is 24.4 Å². The average Bonchev–Trinajstić information content (AvgIpc) is 2.14. The normalized spacial score (nSPS) is 30.5. The average molecular weight is 244 g/mol. The molecule has 0 amide bonds. The van der Waals surface area contributed by atoms with Crippen LogP contribution < -0.4 is 5.32 Å². The van der Waals surface area contributed by atoms with E-state index in [1.165, 1.54) is 0 Å². The van der Waals surface area contributed by atoms with Crippen molar-refractivity contribution in [1.82, 2.24) is 10.2 Å². The Morgan fingerprint density at radius 1 is 1.35 bits per heavy atom. The van der Waals surface area contributed by atoms with Crippen LogP contribution in [0.2, 0.25) is 0 Å². The molecule has 0 radical (unpaired) electrons. The second kappa shape index (κ2) is 6.14. The van der Waals surface area contributed by atoms with Gasteiger partial charge in [-0.1, -0.05) is 13.8 Å². The van der Waals surface area contributed by atoms with E-state index >= 15 is 0 Å². The van der Waals surface area contributed by atoms with Gasteiger partial charge in [0.25, 0.3) is 0 Å². The van der Waals surface area contributed by atoms with Gasteiger partial charge in [-0.05, 0) is 20.8 Å². The van der Waals surface area contributed by atoms with E-state index in [0.717, 1.165) is 19.6 Å². The quantitative estimate of drug-likeness (QED) is 0.752. The van der Waals surface area contributed by atoms with Gasteiger partial charge in [0.2, 0.25) is 0 Å². The molecule has 0 aromatic rings. The standard InChI is InChI=1S/C13H28N2O2/c1-10(2)14-13(5,9-16)8-15-6-11(3)17-12(4)7-15/h10-12,14,16H,6-9H2,1-5H3. The largest absolute Gasteiger partial charge is 0.394 e. The minimum atomic E-state index is -0.231. The molecule has 4 nitrogen and oxygen atoms in total. The van der Waals surface area contributed by atoms with Crippen molar-refractivity contribution in [2.24, 2.45) is 0 Å². The summed E-state index contributed by atoms with van der Waals surface area (Å²) >= 11 is 0. The van der Waals surface area contributed by atoms with E-state index in [4.69, 9.17) is 4.74 Å². The van der Waals surface area contributed by atoms with Crippen LogP contribution in [0, 0.1) is 0 Å². The van der Waals surface area contributed by atoms with E-state index in [1.54, 1.807) is 0 Å². The maximum absolute atomic E-state index is 9.58. The Morgan fingerprint density at radius 2 is 1.88 bits per heavy atom. The van der Waals surface area contributed by atoms with Crippen molar-refractivity contribution < 1.29 is 9.84 Å². The lowest BCUT2D eigenvalue weighted by molar-refractivity contribution is -0.0760. The fourth-order valence-corrected chi connectivity index (χ4v) is 2.75. The van der Waals surface area contributed by atoms with E-state index in [9.17, 15) is 5.11 Å². The number of nitrogens with one attached hydrogen (secondary N) is 1. The Morgan fingerprint density at radius 3 is 2.29 bits per heavy atom. The third-order valence-corrected chi connectivity index (χ3v) is 3.05. The van der Waals surface area contributed by atoms with Crippen molar-refractivity contribution in [3.8, 4) is 0 Å². The first-order valence-electron chi connectivity index (χ1n) is 6.61. The second-order valence-electron chi connectivity index (χ2n) is 5.97. The fourth-order valence-electron chi connectivity index (χ4n) is 2.75. The molecule has 17 heavy (non-hydrogen) atoms. The van der Waals surface area contributed by atoms with Crippen LogP contribution in [-0.2, 0) is 4.74 Å². The molecule has 0 aromatic heterocycles. The molecule has 1 fully saturated rings. The summed E-state index contributed by atoms with van der Waals surface area (Å²) in [5.74, 6) is 0. The molecule has 1 saturated heterocycles. The van der Waals surface area contributed by atoms with Crippen LogP contribution >= 0.6 is 0 Å². The van der Waals surface area contributed by atoms with Crippen molar-refractivity contribution in [3.63, 3.8) is 0 Å². The molecule has 1 heterocycles. The van der Waals surface area contributed by atoms with Crippen molar-refractivity contribution in [2.75, 3.05) is 26.2 Å². The number of ether oxygens (including phenoxy) is 1. The van der Waals surface area contributed by atoms with E-state index in [1.807, 2.05) is 0 Å². The van der Waals surface area contributed by atoms with Gasteiger partial charge in [0, 0.05) is 25.7 Å². The molecule has 0 bridgehead atoms. The summed E-state index contributed by atoms with van der Waals surface area (Å²) < 4.78 is 5.72. The highest BCUT2D eigenvalue weighted by Gasteiger charge is 2.30. The highest BCUT2D eigenvalue weighted by atomic mass is 16.5. The van der Waals surface area contributed by atoms with Gasteiger partial charge in [0.15, 0.2) is 0 Å². The predicted molar refractivity (Wildman–Crippen MR) is 70.2 cm³/mol. The lowest BCUT2D eigenvalue weighted by atomic mass is 10.0. The molecule has 0 saturated carbocycles. The highest BCUT2D eigenvalue weighted by Crippen LogP contribution is 2.15. The summed E-state index contributed by atoms with van der Waals surface area (Å²) in [5.41, 5.74) is -0.231. The van der Waals surface area contributed by atoms with Gasteiger partial charge in [0.1, 0.15) is 0 Å². The van der Waals surface area contributed by atoms with Crippen LogP contribution in [0.4, 0.5) is 0 Å². The second-order valence-corrected chi connectivity index (χ2v) is 5.97. The Hall–Kier alpha value is -0.160. The lowest BCUT2D eigenvalue weighted by Crippen LogP contribution is -2.59. The van der Waals surface area contributed by atoms with E-state index < -0.39 is 0 Å². The van der Waals surface area contributed by atoms with E-state index in [-0.39, 0.29) is 24.4 Å². The third-order valence-electron chi connectivity index (χ3n) is 3.05. The van der Waals surface area contributed by atoms with Gasteiger partial charge >= 0.3 is 0 Å². The molecule has 0 aromatic carbocycles. The maximum atomic E-state index is 9.58. The van der Waals surface area contributed by atoms with Crippen LogP contribution in [-0.4, -0.2) is 60.0 Å². The summed E-state index contributed by atoms with van der Waals surface area (Å²) in [7, 11) is 0. The predicted octanol–water partition coefficient (Wildman–Crippen LogP) is 0.845. The zero-order valence-electron chi connectivity index (χ0n) is 11.9. The summed E-state index contributed by atoms with van der Waals surface area (Å²) in [4.78, 5) is 2.38. The van der Waals surface area contributed by atoms with Gasteiger partial charge < -0.3 is 15.2 Å². The number of rotatable bonds is 5. The van der Waals surface area contributed by atoms with Crippen molar-refractivity contribution in [2.45, 2.75) is 58.4 Å². The maximum Gasteiger partial charge on any atom is 0.0678 e. The number of aliphatic hydroxyl groups excluding tert-OH is 1. The van der Waals surface area contributed by atoms with Crippen LogP contribution in [0.3, 0.4) is 0 Å². The first-order chi connectivity index (χ1) is 7.84. The summed E-state index contributed by atoms with van der Waals surface area (Å²) in [5, 5.41) is 13.0. The SMILES string of the molecule is CC(C)NC(C)(CO)CN1CC(C)OC(C)C1. The molecule has 1 aliphatic heterocycles. The number of nitrogens with zero attached hydrogens (tertiary/aromatic N) is 1. The molecular weight excluding hydrogens is 216 g/mol. The molecule has 1 aliphatic rings. The first kappa shape index (κ1) is 14.9. The summed E-state index contributed by atoms with van der Waals surface area (Å²) in [6, 6.07) is 0.378. The van der Waals surface area contributed by atoms with Crippen molar-refractivity contribution in [3.05, 3.63) is 0 Å². The van der Waals surface area contributed by atoms with Gasteiger partial charge in [-0.3, -0.25) is 4.90 Å². The molecule has 0 spiro atoms. The first-order valence-corrected chi connectivity index (χ1v) is 6.61. The van der Waals surface area contributed by atoms with Gasteiger partial charge in [-0.15, -0.1) is 0 Å². The van der Waals surface area contributed by atoms with Crippen molar-refractivity contribution >= 4 is 0 Å². The Labute approximate surface area is 105 Å². The summed E-state index contributed by atoms with van der Waals surface area (Å²) in [6.07, 6.45) is 0.557. The lowest BCUT2D eigenvalue weighted by Gasteiger charge is -2.41. The number of hydrogen-bond donors (Lipinski definition) is 2. The molecule has 4 heteroatoms. The molecule has 0 aliphatic carbocycles. The number of hydrogen-bond acceptors (Lipinski definition) is 4. The van der Waals surface area contributed by atoms with Gasteiger partial charge in [-0.25, -0.2) is 0 Å².